The molecule has 1 aliphatic rings. The van der Waals surface area contributed by atoms with Crippen molar-refractivity contribution < 1.29 is 0 Å². The average molecular weight is 351 g/mol. The summed E-state index contributed by atoms with van der Waals surface area (Å²) in [6.07, 6.45) is 7.65. The summed E-state index contributed by atoms with van der Waals surface area (Å²) >= 11 is 0. The first kappa shape index (κ1) is 17.5. The lowest BCUT2D eigenvalue weighted by Crippen LogP contribution is -1.94. The smallest absolute Gasteiger partial charge is 0.0688 e. The molecule has 0 fully saturated rings. The van der Waals surface area contributed by atoms with Crippen molar-refractivity contribution in [2.75, 3.05) is 0 Å². The van der Waals surface area contributed by atoms with Gasteiger partial charge in [-0.1, -0.05) is 71.8 Å². The molecule has 134 valence electrons. The molecule has 0 saturated carbocycles. The molecule has 0 unspecified atom stereocenters. The number of rotatable bonds is 3. The van der Waals surface area contributed by atoms with Crippen LogP contribution in [0.15, 0.2) is 71.2 Å². The Balaban J connectivity index is 1.89. The second kappa shape index (κ2) is 7.00. The van der Waals surface area contributed by atoms with E-state index in [0.717, 1.165) is 12.1 Å². The molecule has 1 nitrogen and oxygen atoms in total. The van der Waals surface area contributed by atoms with Gasteiger partial charge in [-0.15, -0.1) is 0 Å². The standard InChI is InChI=1S/C26H25N/c1-17-9-10-22(15-17)24-12-11-21-7-5-6-8-23(21)25(24)16-27-26-19(3)13-18(2)14-20(26)4/h5-9,11-16H,10H2,1-4H3/b27-16+. The Labute approximate surface area is 161 Å². The van der Waals surface area contributed by atoms with Gasteiger partial charge in [-0.3, -0.25) is 4.99 Å². The molecule has 0 N–H and O–H groups in total. The Morgan fingerprint density at radius 1 is 0.889 bits per heavy atom. The van der Waals surface area contributed by atoms with Crippen LogP contribution in [0.1, 0.15) is 41.2 Å². The molecule has 27 heavy (non-hydrogen) atoms. The van der Waals surface area contributed by atoms with E-state index >= 15 is 0 Å². The van der Waals surface area contributed by atoms with E-state index in [4.69, 9.17) is 4.99 Å². The number of hydrogen-bond acceptors (Lipinski definition) is 1. The summed E-state index contributed by atoms with van der Waals surface area (Å²) in [5.74, 6) is 0. The Bertz CT molecular complexity index is 1100. The van der Waals surface area contributed by atoms with Gasteiger partial charge in [0, 0.05) is 11.8 Å². The van der Waals surface area contributed by atoms with Crippen LogP contribution in [0.5, 0.6) is 0 Å². The molecular formula is C26H25N. The highest BCUT2D eigenvalue weighted by Crippen LogP contribution is 2.33. The fourth-order valence-corrected chi connectivity index (χ4v) is 4.07. The Morgan fingerprint density at radius 2 is 1.63 bits per heavy atom. The number of benzene rings is 3. The van der Waals surface area contributed by atoms with E-state index in [2.05, 4.69) is 94.6 Å². The van der Waals surface area contributed by atoms with Gasteiger partial charge in [0.2, 0.25) is 0 Å². The molecule has 0 heterocycles. The van der Waals surface area contributed by atoms with Gasteiger partial charge in [0.05, 0.1) is 5.69 Å². The van der Waals surface area contributed by atoms with Crippen molar-refractivity contribution in [2.45, 2.75) is 34.1 Å². The lowest BCUT2D eigenvalue weighted by Gasteiger charge is -2.12. The molecule has 1 aliphatic carbocycles. The van der Waals surface area contributed by atoms with Gasteiger partial charge >= 0.3 is 0 Å². The van der Waals surface area contributed by atoms with Gasteiger partial charge in [0.1, 0.15) is 0 Å². The Hall–Kier alpha value is -2.93. The SMILES string of the molecule is CC1=CCC(c2ccc3ccccc3c2/C=N/c2c(C)cc(C)cc2C)=C1. The van der Waals surface area contributed by atoms with Gasteiger partial charge in [0.15, 0.2) is 0 Å². The first-order valence-electron chi connectivity index (χ1n) is 9.54. The van der Waals surface area contributed by atoms with Gasteiger partial charge < -0.3 is 0 Å². The van der Waals surface area contributed by atoms with Crippen LogP contribution in [0.3, 0.4) is 0 Å². The summed E-state index contributed by atoms with van der Waals surface area (Å²) in [6.45, 7) is 8.59. The lowest BCUT2D eigenvalue weighted by atomic mass is 9.94. The average Bonchev–Trinajstić information content (AvgIpc) is 3.07. The maximum atomic E-state index is 4.95. The normalized spacial score (nSPS) is 14.1. The van der Waals surface area contributed by atoms with Gasteiger partial charge in [-0.05, 0) is 67.2 Å². The van der Waals surface area contributed by atoms with Crippen LogP contribution in [-0.4, -0.2) is 6.21 Å². The summed E-state index contributed by atoms with van der Waals surface area (Å²) in [4.78, 5) is 4.95. The first-order chi connectivity index (χ1) is 13.0. The lowest BCUT2D eigenvalue weighted by molar-refractivity contribution is 1.29. The van der Waals surface area contributed by atoms with Crippen LogP contribution in [0.4, 0.5) is 5.69 Å². The minimum atomic E-state index is 0.994. The van der Waals surface area contributed by atoms with Crippen LogP contribution in [0.25, 0.3) is 16.3 Å². The summed E-state index contributed by atoms with van der Waals surface area (Å²) in [7, 11) is 0. The second-order valence-corrected chi connectivity index (χ2v) is 7.58. The molecule has 0 atom stereocenters. The van der Waals surface area contributed by atoms with Crippen LogP contribution in [-0.2, 0) is 0 Å². The predicted octanol–water partition coefficient (Wildman–Crippen LogP) is 7.25. The third-order valence-electron chi connectivity index (χ3n) is 5.32. The maximum Gasteiger partial charge on any atom is 0.0688 e. The zero-order valence-corrected chi connectivity index (χ0v) is 16.5. The Morgan fingerprint density at radius 3 is 2.33 bits per heavy atom. The van der Waals surface area contributed by atoms with E-state index in [0.29, 0.717) is 0 Å². The quantitative estimate of drug-likeness (QED) is 0.441. The molecule has 1 heteroatoms. The zero-order chi connectivity index (χ0) is 19.0. The number of nitrogens with zero attached hydrogens (tertiary/aromatic N) is 1. The molecule has 0 bridgehead atoms. The molecule has 0 aliphatic heterocycles. The van der Waals surface area contributed by atoms with E-state index < -0.39 is 0 Å². The van der Waals surface area contributed by atoms with Crippen molar-refractivity contribution in [2.24, 2.45) is 4.99 Å². The summed E-state index contributed by atoms with van der Waals surface area (Å²) in [6, 6.07) is 17.5. The number of aliphatic imine (C=N–C) groups is 1. The number of allylic oxidation sites excluding steroid dienone is 4. The van der Waals surface area contributed by atoms with Crippen molar-refractivity contribution in [1.29, 1.82) is 0 Å². The third kappa shape index (κ3) is 3.38. The van der Waals surface area contributed by atoms with Crippen LogP contribution < -0.4 is 0 Å². The molecule has 0 spiro atoms. The van der Waals surface area contributed by atoms with Gasteiger partial charge in [0.25, 0.3) is 0 Å². The summed E-state index contributed by atoms with van der Waals surface area (Å²) in [5.41, 5.74) is 10.0. The molecule has 0 saturated heterocycles. The van der Waals surface area contributed by atoms with E-state index in [9.17, 15) is 0 Å². The van der Waals surface area contributed by atoms with Crippen molar-refractivity contribution in [3.8, 4) is 0 Å². The maximum absolute atomic E-state index is 4.95. The molecule has 3 aromatic rings. The van der Waals surface area contributed by atoms with Gasteiger partial charge in [-0.2, -0.15) is 0 Å². The van der Waals surface area contributed by atoms with E-state index in [1.54, 1.807) is 0 Å². The van der Waals surface area contributed by atoms with Crippen molar-refractivity contribution in [3.63, 3.8) is 0 Å². The van der Waals surface area contributed by atoms with Crippen LogP contribution in [0.2, 0.25) is 0 Å². The van der Waals surface area contributed by atoms with E-state index in [1.807, 2.05) is 0 Å². The fourth-order valence-electron chi connectivity index (χ4n) is 4.07. The fraction of sp³-hybridized carbons (Fsp3) is 0.192. The second-order valence-electron chi connectivity index (χ2n) is 7.58. The highest BCUT2D eigenvalue weighted by Gasteiger charge is 2.13. The Kier molecular flexibility index (Phi) is 4.53. The highest BCUT2D eigenvalue weighted by atomic mass is 14.7. The van der Waals surface area contributed by atoms with E-state index in [-0.39, 0.29) is 0 Å². The summed E-state index contributed by atoms with van der Waals surface area (Å²) in [5, 5.41) is 2.51. The topological polar surface area (TPSA) is 12.4 Å². The largest absolute Gasteiger partial charge is 0.256 e. The van der Waals surface area contributed by atoms with Crippen molar-refractivity contribution in [3.05, 3.63) is 94.1 Å². The molecule has 0 aromatic heterocycles. The monoisotopic (exact) mass is 351 g/mol. The highest BCUT2D eigenvalue weighted by molar-refractivity contribution is 6.05. The number of hydrogen-bond donors (Lipinski definition) is 0. The zero-order valence-electron chi connectivity index (χ0n) is 16.5. The molecule has 0 radical (unpaired) electrons. The number of fused-ring (bicyclic) bond motifs is 1. The molecular weight excluding hydrogens is 326 g/mol. The van der Waals surface area contributed by atoms with Crippen LogP contribution >= 0.6 is 0 Å². The van der Waals surface area contributed by atoms with E-state index in [1.165, 1.54) is 49.7 Å². The minimum Gasteiger partial charge on any atom is -0.256 e. The molecule has 4 rings (SSSR count). The van der Waals surface area contributed by atoms with Crippen LogP contribution in [0, 0.1) is 20.8 Å². The predicted molar refractivity (Wildman–Crippen MR) is 118 cm³/mol. The van der Waals surface area contributed by atoms with Crippen molar-refractivity contribution in [1.82, 2.24) is 0 Å². The van der Waals surface area contributed by atoms with Gasteiger partial charge in [-0.25, -0.2) is 0 Å². The number of aryl methyl sites for hydroxylation is 3. The third-order valence-corrected chi connectivity index (χ3v) is 5.32. The van der Waals surface area contributed by atoms with Crippen molar-refractivity contribution >= 4 is 28.2 Å². The molecule has 0 amide bonds. The first-order valence-corrected chi connectivity index (χ1v) is 9.54. The summed E-state index contributed by atoms with van der Waals surface area (Å²) < 4.78 is 0. The molecule has 3 aromatic carbocycles. The minimum absolute atomic E-state index is 0.994.